The van der Waals surface area contributed by atoms with Gasteiger partial charge in [-0.3, -0.25) is 0 Å². The molecule has 0 aliphatic heterocycles. The summed E-state index contributed by atoms with van der Waals surface area (Å²) in [6, 6.07) is 5.61. The number of methoxy groups -OCH3 is 3. The van der Waals surface area contributed by atoms with Crippen LogP contribution in [0.15, 0.2) is 12.1 Å². The van der Waals surface area contributed by atoms with E-state index in [4.69, 9.17) is 19.5 Å². The average Bonchev–Trinajstić information content (AvgIpc) is 2.28. The normalized spacial score (nSPS) is 9.20. The molecule has 0 aliphatic rings. The second kappa shape index (κ2) is 5.11. The Kier molecular flexibility index (Phi) is 3.81. The molecule has 0 aromatic heterocycles. The van der Waals surface area contributed by atoms with Crippen molar-refractivity contribution in [2.75, 3.05) is 21.3 Å². The molecule has 1 rings (SSSR count). The average molecular weight is 206 g/mol. The van der Waals surface area contributed by atoms with Gasteiger partial charge in [0.15, 0.2) is 11.5 Å². The fourth-order valence-electron chi connectivity index (χ4n) is 1.33. The summed E-state index contributed by atoms with van der Waals surface area (Å²) < 4.78 is 15.5. The first kappa shape index (κ1) is 11.2. The molecule has 0 saturated carbocycles. The molecule has 4 nitrogen and oxygen atoms in total. The molecule has 0 unspecified atom stereocenters. The molecule has 0 radical (unpaired) electrons. The Morgan fingerprint density at radius 1 is 1.07 bits per heavy atom. The third kappa shape index (κ3) is 2.32. The minimum atomic E-state index is 0.316. The molecule has 80 valence electrons. The molecule has 0 heterocycles. The molecule has 0 amide bonds. The lowest BCUT2D eigenvalue weighted by Crippen LogP contribution is -1.96. The van der Waals surface area contributed by atoms with Crippen LogP contribution in [-0.4, -0.2) is 21.3 Å². The minimum absolute atomic E-state index is 0.316. The van der Waals surface area contributed by atoms with E-state index in [9.17, 15) is 0 Å². The first-order valence-corrected chi connectivity index (χ1v) is 4.42. The molecular weight excluding hydrogens is 193 g/mol. The van der Waals surface area contributed by atoms with Crippen LogP contribution in [0.1, 0.15) is 5.56 Å². The van der Waals surface area contributed by atoms with Crippen molar-refractivity contribution in [3.63, 3.8) is 0 Å². The Balaban J connectivity index is 3.24. The van der Waals surface area contributed by atoms with Crippen LogP contribution in [0.2, 0.25) is 0 Å². The minimum Gasteiger partial charge on any atom is -0.493 e. The third-order valence-electron chi connectivity index (χ3n) is 2.01. The van der Waals surface area contributed by atoms with Gasteiger partial charge in [0.05, 0.1) is 33.8 Å². The molecule has 1 aromatic carbocycles. The Hall–Kier alpha value is -1.89. The van der Waals surface area contributed by atoms with Gasteiger partial charge in [0.25, 0.3) is 0 Å². The van der Waals surface area contributed by atoms with Crippen molar-refractivity contribution in [2.45, 2.75) is 6.42 Å². The van der Waals surface area contributed by atoms with Crippen LogP contribution in [0.25, 0.3) is 0 Å². The van der Waals surface area contributed by atoms with E-state index >= 15 is 0 Å². The Bertz CT molecular complexity index is 357. The van der Waals surface area contributed by atoms with Gasteiger partial charge in [0.2, 0.25) is 5.75 Å². The predicted octanol–water partition coefficient (Wildman–Crippen LogP) is 1.78. The fourth-order valence-corrected chi connectivity index (χ4v) is 1.33. The smallest absolute Gasteiger partial charge is 0.203 e. The predicted molar refractivity (Wildman–Crippen MR) is 55.4 cm³/mol. The highest BCUT2D eigenvalue weighted by atomic mass is 16.5. The van der Waals surface area contributed by atoms with Crippen molar-refractivity contribution in [2.24, 2.45) is 0 Å². The van der Waals surface area contributed by atoms with E-state index in [2.05, 4.69) is 6.07 Å². The van der Waals surface area contributed by atoms with Gasteiger partial charge in [-0.1, -0.05) is 0 Å². The van der Waals surface area contributed by atoms with Crippen LogP contribution in [0.5, 0.6) is 17.2 Å². The highest BCUT2D eigenvalue weighted by Gasteiger charge is 2.12. The molecule has 0 saturated heterocycles. The van der Waals surface area contributed by atoms with Gasteiger partial charge in [0, 0.05) is 0 Å². The standard InChI is InChI=1S/C11H13NO3/c1-13-9-6-8(4-5-12)7-10(14-2)11(9)15-3/h6-7H,4H2,1-3H3/i5-1. The Labute approximate surface area is 89.0 Å². The van der Waals surface area contributed by atoms with Crippen molar-refractivity contribution in [3.8, 4) is 23.3 Å². The van der Waals surface area contributed by atoms with Gasteiger partial charge < -0.3 is 14.2 Å². The van der Waals surface area contributed by atoms with Crippen LogP contribution in [0, 0.1) is 11.3 Å². The number of nitrogens with zero attached hydrogens (tertiary/aromatic N) is 1. The zero-order valence-corrected chi connectivity index (χ0v) is 9.03. The zero-order valence-electron chi connectivity index (χ0n) is 9.03. The van der Waals surface area contributed by atoms with E-state index in [1.165, 1.54) is 0 Å². The second-order valence-corrected chi connectivity index (χ2v) is 2.87. The molecule has 0 bridgehead atoms. The Morgan fingerprint density at radius 2 is 1.60 bits per heavy atom. The van der Waals surface area contributed by atoms with Crippen LogP contribution in [-0.2, 0) is 6.42 Å². The SMILES string of the molecule is COc1cc(C[11C]#N)cc(OC)c1OC. The number of rotatable bonds is 4. The molecule has 1 aromatic rings. The van der Waals surface area contributed by atoms with Crippen LogP contribution in [0.4, 0.5) is 0 Å². The maximum atomic E-state index is 8.61. The number of hydrogen-bond acceptors (Lipinski definition) is 4. The van der Waals surface area contributed by atoms with E-state index in [1.54, 1.807) is 33.5 Å². The number of ether oxygens (including phenoxy) is 3. The molecular formula is C11H13NO3. The highest BCUT2D eigenvalue weighted by Crippen LogP contribution is 2.38. The summed E-state index contributed by atoms with van der Waals surface area (Å²) in [6.45, 7) is 0. The summed E-state index contributed by atoms with van der Waals surface area (Å²) in [5.74, 6) is 1.69. The van der Waals surface area contributed by atoms with Crippen molar-refractivity contribution < 1.29 is 14.2 Å². The van der Waals surface area contributed by atoms with Crippen LogP contribution < -0.4 is 14.2 Å². The van der Waals surface area contributed by atoms with Gasteiger partial charge in [-0.2, -0.15) is 5.26 Å². The van der Waals surface area contributed by atoms with Crippen molar-refractivity contribution in [3.05, 3.63) is 17.7 Å². The van der Waals surface area contributed by atoms with E-state index in [1.807, 2.05) is 0 Å². The Morgan fingerprint density at radius 3 is 1.93 bits per heavy atom. The van der Waals surface area contributed by atoms with Gasteiger partial charge in [0.1, 0.15) is 0 Å². The van der Waals surface area contributed by atoms with E-state index < -0.39 is 0 Å². The lowest BCUT2D eigenvalue weighted by Gasteiger charge is -2.12. The molecule has 0 N–H and O–H groups in total. The zero-order chi connectivity index (χ0) is 11.3. The highest BCUT2D eigenvalue weighted by molar-refractivity contribution is 5.54. The lowest BCUT2D eigenvalue weighted by atomic mass is 10.00. The summed E-state index contributed by atoms with van der Waals surface area (Å²) in [6.07, 6.45) is 0.316. The van der Waals surface area contributed by atoms with Crippen molar-refractivity contribution >= 4 is 0 Å². The number of hydrogen-bond donors (Lipinski definition) is 0. The maximum absolute atomic E-state index is 8.61. The first-order chi connectivity index (χ1) is 7.26. The van der Waals surface area contributed by atoms with E-state index in [-0.39, 0.29) is 0 Å². The fraction of sp³-hybridized carbons (Fsp3) is 0.364. The largest absolute Gasteiger partial charge is 0.493 e. The molecule has 0 aliphatic carbocycles. The number of benzene rings is 1. The van der Waals surface area contributed by atoms with Crippen LogP contribution in [0.3, 0.4) is 0 Å². The summed E-state index contributed by atoms with van der Waals surface area (Å²) in [5.41, 5.74) is 0.840. The summed E-state index contributed by atoms with van der Waals surface area (Å²) in [5, 5.41) is 8.61. The van der Waals surface area contributed by atoms with Crippen molar-refractivity contribution in [1.29, 1.82) is 5.26 Å². The lowest BCUT2D eigenvalue weighted by molar-refractivity contribution is 0.324. The summed E-state index contributed by atoms with van der Waals surface area (Å²) >= 11 is 0. The second-order valence-electron chi connectivity index (χ2n) is 2.87. The molecule has 4 heteroatoms. The van der Waals surface area contributed by atoms with E-state index in [0.717, 1.165) is 5.56 Å². The van der Waals surface area contributed by atoms with Gasteiger partial charge in [-0.25, -0.2) is 0 Å². The van der Waals surface area contributed by atoms with E-state index in [0.29, 0.717) is 23.7 Å². The summed E-state index contributed by atoms with van der Waals surface area (Å²) in [7, 11) is 4.64. The summed E-state index contributed by atoms with van der Waals surface area (Å²) in [4.78, 5) is 0. The van der Waals surface area contributed by atoms with Gasteiger partial charge >= 0.3 is 0 Å². The monoisotopic (exact) mass is 206 g/mol. The third-order valence-corrected chi connectivity index (χ3v) is 2.01. The maximum Gasteiger partial charge on any atom is 0.203 e. The molecule has 0 spiro atoms. The first-order valence-electron chi connectivity index (χ1n) is 4.42. The topological polar surface area (TPSA) is 51.5 Å². The number of nitriles is 1. The van der Waals surface area contributed by atoms with Crippen LogP contribution >= 0.6 is 0 Å². The molecule has 0 fully saturated rings. The molecule has 15 heavy (non-hydrogen) atoms. The quantitative estimate of drug-likeness (QED) is 0.753. The molecule has 0 atom stereocenters. The van der Waals surface area contributed by atoms with Crippen molar-refractivity contribution in [1.82, 2.24) is 0 Å². The van der Waals surface area contributed by atoms with Gasteiger partial charge in [-0.15, -0.1) is 0 Å². The van der Waals surface area contributed by atoms with Gasteiger partial charge in [-0.05, 0) is 17.7 Å².